The number of nitrogens with one attached hydrogen (secondary N) is 2. The molecule has 1 atom stereocenters. The van der Waals surface area contributed by atoms with Crippen LogP contribution in [0.4, 0.5) is 4.79 Å². The first-order valence-electron chi connectivity index (χ1n) is 13.2. The van der Waals surface area contributed by atoms with E-state index in [1.54, 1.807) is 24.3 Å². The minimum absolute atomic E-state index is 0.102. The van der Waals surface area contributed by atoms with Crippen molar-refractivity contribution in [3.05, 3.63) is 137 Å². The van der Waals surface area contributed by atoms with E-state index in [0.717, 1.165) is 28.8 Å². The van der Waals surface area contributed by atoms with E-state index in [1.165, 1.54) is 0 Å². The number of benzene rings is 4. The minimum atomic E-state index is -0.951. The van der Waals surface area contributed by atoms with Crippen molar-refractivity contribution in [3.63, 3.8) is 0 Å². The van der Waals surface area contributed by atoms with Gasteiger partial charge in [-0.3, -0.25) is 4.79 Å². The molecule has 7 nitrogen and oxygen atoms in total. The number of ether oxygens (including phenoxy) is 2. The molecule has 0 bridgehead atoms. The fourth-order valence-electron chi connectivity index (χ4n) is 4.19. The second-order valence-corrected chi connectivity index (χ2v) is 9.71. The van der Waals surface area contributed by atoms with E-state index in [-0.39, 0.29) is 12.5 Å². The number of hydrogen-bond acceptors (Lipinski definition) is 5. The number of carbonyl (C=O) groups is 2. The zero-order valence-electron chi connectivity index (χ0n) is 22.9. The molecule has 0 aliphatic carbocycles. The van der Waals surface area contributed by atoms with Crippen LogP contribution >= 0.6 is 0 Å². The fourth-order valence-corrected chi connectivity index (χ4v) is 4.19. The van der Waals surface area contributed by atoms with E-state index < -0.39 is 12.1 Å². The van der Waals surface area contributed by atoms with Gasteiger partial charge in [-0.2, -0.15) is 0 Å². The fraction of sp³-hybridized carbons (Fsp3) is 0.212. The third-order valence-electron chi connectivity index (χ3n) is 6.26. The smallest absolute Gasteiger partial charge is 0.408 e. The molecule has 2 amide bonds. The third-order valence-corrected chi connectivity index (χ3v) is 6.26. The van der Waals surface area contributed by atoms with Crippen molar-refractivity contribution in [1.29, 1.82) is 0 Å². The molecule has 0 radical (unpaired) electrons. The highest BCUT2D eigenvalue weighted by Gasteiger charge is 2.24. The molecule has 0 aliphatic heterocycles. The Labute approximate surface area is 235 Å². The van der Waals surface area contributed by atoms with Crippen LogP contribution in [0.15, 0.2) is 109 Å². The lowest BCUT2D eigenvalue weighted by atomic mass is 10.0. The topological polar surface area (TPSA) is 79.9 Å². The lowest BCUT2D eigenvalue weighted by Gasteiger charge is -2.20. The predicted octanol–water partition coefficient (Wildman–Crippen LogP) is 5.61. The number of hydrogen-bond donors (Lipinski definition) is 2. The van der Waals surface area contributed by atoms with Crippen molar-refractivity contribution >= 4 is 12.0 Å². The van der Waals surface area contributed by atoms with Gasteiger partial charge < -0.3 is 25.0 Å². The summed E-state index contributed by atoms with van der Waals surface area (Å²) in [6.45, 7) is 1.62. The third kappa shape index (κ3) is 8.71. The summed E-state index contributed by atoms with van der Waals surface area (Å²) in [4.78, 5) is 28.2. The second kappa shape index (κ2) is 14.5. The summed E-state index contributed by atoms with van der Waals surface area (Å²) in [6.07, 6.45) is -0.679. The highest BCUT2D eigenvalue weighted by molar-refractivity contribution is 5.87. The number of rotatable bonds is 12. The highest BCUT2D eigenvalue weighted by Crippen LogP contribution is 2.20. The molecule has 2 N–H and O–H groups in total. The standard InChI is InChI=1S/C33H35N3O4/c1-36(2)22-29-16-10-9-15-28(29)21-34-32(37)31(35-33(38)40-24-26-13-7-4-8-14-26)27-17-19-30(20-18-27)39-23-25-11-5-3-6-12-25/h3-20,31H,21-24H2,1-2H3,(H,34,37)(H,35,38)/t31-/m0/s1. The van der Waals surface area contributed by atoms with Gasteiger partial charge in [0.25, 0.3) is 0 Å². The van der Waals surface area contributed by atoms with Crippen molar-refractivity contribution in [3.8, 4) is 5.75 Å². The molecule has 7 heteroatoms. The summed E-state index contributed by atoms with van der Waals surface area (Å²) in [5, 5.41) is 5.73. The molecule has 40 heavy (non-hydrogen) atoms. The lowest BCUT2D eigenvalue weighted by molar-refractivity contribution is -0.123. The summed E-state index contributed by atoms with van der Waals surface area (Å²) >= 11 is 0. The normalized spacial score (nSPS) is 11.5. The Bertz CT molecular complexity index is 1360. The molecule has 4 rings (SSSR count). The van der Waals surface area contributed by atoms with Gasteiger partial charge in [-0.05, 0) is 54.0 Å². The van der Waals surface area contributed by atoms with Crippen molar-refractivity contribution in [2.24, 2.45) is 0 Å². The van der Waals surface area contributed by atoms with E-state index in [9.17, 15) is 9.59 Å². The van der Waals surface area contributed by atoms with Crippen LogP contribution < -0.4 is 15.4 Å². The molecule has 0 fully saturated rings. The second-order valence-electron chi connectivity index (χ2n) is 9.71. The average Bonchev–Trinajstić information content (AvgIpc) is 2.98. The first-order chi connectivity index (χ1) is 19.5. The first kappa shape index (κ1) is 28.4. The summed E-state index contributed by atoms with van der Waals surface area (Å²) in [5.41, 5.74) is 4.67. The van der Waals surface area contributed by atoms with E-state index in [2.05, 4.69) is 15.5 Å². The van der Waals surface area contributed by atoms with E-state index in [1.807, 2.05) is 99.0 Å². The minimum Gasteiger partial charge on any atom is -0.489 e. The maximum atomic E-state index is 13.4. The molecule has 4 aromatic rings. The van der Waals surface area contributed by atoms with Crippen LogP contribution in [0.1, 0.15) is 33.9 Å². The summed E-state index contributed by atoms with van der Waals surface area (Å²) in [5.74, 6) is 0.324. The maximum Gasteiger partial charge on any atom is 0.408 e. The molecule has 0 unspecified atom stereocenters. The van der Waals surface area contributed by atoms with Crippen molar-refractivity contribution in [2.75, 3.05) is 14.1 Å². The van der Waals surface area contributed by atoms with Crippen LogP contribution in [0.3, 0.4) is 0 Å². The molecule has 0 saturated heterocycles. The van der Waals surface area contributed by atoms with Crippen LogP contribution in [0, 0.1) is 0 Å². The first-order valence-corrected chi connectivity index (χ1v) is 13.2. The average molecular weight is 538 g/mol. The lowest BCUT2D eigenvalue weighted by Crippen LogP contribution is -2.40. The number of amides is 2. The molecule has 206 valence electrons. The van der Waals surface area contributed by atoms with Gasteiger partial charge in [-0.25, -0.2) is 4.79 Å². The van der Waals surface area contributed by atoms with Gasteiger partial charge in [0.15, 0.2) is 0 Å². The number of nitrogens with zero attached hydrogens (tertiary/aromatic N) is 1. The van der Waals surface area contributed by atoms with Crippen LogP contribution in [0.25, 0.3) is 0 Å². The van der Waals surface area contributed by atoms with E-state index >= 15 is 0 Å². The molecule has 0 heterocycles. The van der Waals surface area contributed by atoms with Gasteiger partial charge in [0, 0.05) is 13.1 Å². The SMILES string of the molecule is CN(C)Cc1ccccc1CNC(=O)[C@@H](NC(=O)OCc1ccccc1)c1ccc(OCc2ccccc2)cc1. The quantitative estimate of drug-likeness (QED) is 0.246. The number of alkyl carbamates (subject to hydrolysis) is 1. The Morgan fingerprint density at radius 1 is 0.725 bits per heavy atom. The zero-order chi connectivity index (χ0) is 28.2. The van der Waals surface area contributed by atoms with Gasteiger partial charge in [0.05, 0.1) is 0 Å². The number of carbonyl (C=O) groups excluding carboxylic acids is 2. The van der Waals surface area contributed by atoms with Crippen LogP contribution in [0.5, 0.6) is 5.75 Å². The molecular weight excluding hydrogens is 502 g/mol. The molecule has 0 aliphatic rings. The zero-order valence-corrected chi connectivity index (χ0v) is 22.9. The highest BCUT2D eigenvalue weighted by atomic mass is 16.5. The Hall–Kier alpha value is -4.62. The Kier molecular flexibility index (Phi) is 10.3. The summed E-state index contributed by atoms with van der Waals surface area (Å²) < 4.78 is 11.3. The van der Waals surface area contributed by atoms with Crippen LogP contribution in [0.2, 0.25) is 0 Å². The van der Waals surface area contributed by atoms with E-state index in [0.29, 0.717) is 24.5 Å². The largest absolute Gasteiger partial charge is 0.489 e. The molecule has 4 aromatic carbocycles. The van der Waals surface area contributed by atoms with Crippen molar-refractivity contribution in [1.82, 2.24) is 15.5 Å². The summed E-state index contributed by atoms with van der Waals surface area (Å²) in [6, 6.07) is 33.5. The van der Waals surface area contributed by atoms with Gasteiger partial charge in [-0.15, -0.1) is 0 Å². The molecule has 0 saturated carbocycles. The molecule has 0 spiro atoms. The van der Waals surface area contributed by atoms with E-state index in [4.69, 9.17) is 9.47 Å². The molecule has 0 aromatic heterocycles. The Morgan fingerprint density at radius 3 is 1.93 bits per heavy atom. The monoisotopic (exact) mass is 537 g/mol. The van der Waals surface area contributed by atoms with Gasteiger partial charge in [-0.1, -0.05) is 97.1 Å². The molecular formula is C33H35N3O4. The van der Waals surface area contributed by atoms with Crippen LogP contribution in [-0.4, -0.2) is 31.0 Å². The van der Waals surface area contributed by atoms with Crippen molar-refractivity contribution in [2.45, 2.75) is 32.3 Å². The van der Waals surface area contributed by atoms with Crippen LogP contribution in [-0.2, 0) is 35.8 Å². The Balaban J connectivity index is 1.45. The maximum absolute atomic E-state index is 13.4. The van der Waals surface area contributed by atoms with Gasteiger partial charge in [0.1, 0.15) is 25.0 Å². The van der Waals surface area contributed by atoms with Crippen molar-refractivity contribution < 1.29 is 19.1 Å². The summed E-state index contributed by atoms with van der Waals surface area (Å²) in [7, 11) is 4.01. The predicted molar refractivity (Wildman–Crippen MR) is 155 cm³/mol. The Morgan fingerprint density at radius 2 is 1.30 bits per heavy atom. The van der Waals surface area contributed by atoms with Gasteiger partial charge >= 0.3 is 6.09 Å². The van der Waals surface area contributed by atoms with Gasteiger partial charge in [0.2, 0.25) is 5.91 Å².